The molecule has 0 spiro atoms. The van der Waals surface area contributed by atoms with Gasteiger partial charge in [0.15, 0.2) is 5.96 Å². The zero-order valence-corrected chi connectivity index (χ0v) is 20.1. The number of benzene rings is 1. The second kappa shape index (κ2) is 12.7. The molecule has 1 amide bonds. The first-order chi connectivity index (χ1) is 15.6. The summed E-state index contributed by atoms with van der Waals surface area (Å²) in [5.41, 5.74) is 2.67. The molecule has 2 aliphatic rings. The van der Waals surface area contributed by atoms with Crippen molar-refractivity contribution in [3.8, 4) is 0 Å². The molecule has 0 aromatic heterocycles. The number of nitrogens with zero attached hydrogens (tertiary/aromatic N) is 3. The van der Waals surface area contributed by atoms with Crippen LogP contribution >= 0.6 is 0 Å². The van der Waals surface area contributed by atoms with Gasteiger partial charge in [-0.3, -0.25) is 4.90 Å². The van der Waals surface area contributed by atoms with Gasteiger partial charge in [-0.2, -0.15) is 0 Å². The van der Waals surface area contributed by atoms with Gasteiger partial charge in [0.1, 0.15) is 0 Å². The minimum Gasteiger partial charge on any atom is -0.450 e. The average Bonchev–Trinajstić information content (AvgIpc) is 2.80. The molecule has 0 unspecified atom stereocenters. The fourth-order valence-corrected chi connectivity index (χ4v) is 4.43. The van der Waals surface area contributed by atoms with Crippen LogP contribution in [0.5, 0.6) is 0 Å². The normalized spacial score (nSPS) is 19.1. The minimum atomic E-state index is -0.203. The molecule has 2 N–H and O–H groups in total. The SMILES string of the molecule is CCNC(=NCc1ccccc1CN1CCC(C)CC1)NC1CCN(C(=O)OCC)CC1. The summed E-state index contributed by atoms with van der Waals surface area (Å²) < 4.78 is 5.12. The monoisotopic (exact) mass is 443 g/mol. The van der Waals surface area contributed by atoms with Crippen molar-refractivity contribution < 1.29 is 9.53 Å². The molecule has 7 heteroatoms. The number of amides is 1. The van der Waals surface area contributed by atoms with Crippen LogP contribution < -0.4 is 10.6 Å². The van der Waals surface area contributed by atoms with Gasteiger partial charge in [-0.25, -0.2) is 9.79 Å². The van der Waals surface area contributed by atoms with E-state index >= 15 is 0 Å². The molecule has 0 aliphatic carbocycles. The van der Waals surface area contributed by atoms with E-state index in [1.54, 1.807) is 4.90 Å². The Balaban J connectivity index is 1.56. The highest BCUT2D eigenvalue weighted by Crippen LogP contribution is 2.20. The van der Waals surface area contributed by atoms with Crippen LogP contribution in [0.2, 0.25) is 0 Å². The Kier molecular flexibility index (Phi) is 9.65. The van der Waals surface area contributed by atoms with Crippen molar-refractivity contribution in [3.63, 3.8) is 0 Å². The van der Waals surface area contributed by atoms with Crippen LogP contribution in [0.15, 0.2) is 29.3 Å². The van der Waals surface area contributed by atoms with Gasteiger partial charge >= 0.3 is 6.09 Å². The Bertz CT molecular complexity index is 738. The van der Waals surface area contributed by atoms with Crippen LogP contribution in [0, 0.1) is 5.92 Å². The fraction of sp³-hybridized carbons (Fsp3) is 0.680. The van der Waals surface area contributed by atoms with E-state index in [4.69, 9.17) is 9.73 Å². The number of piperidine rings is 2. The van der Waals surface area contributed by atoms with Gasteiger partial charge in [-0.05, 0) is 69.7 Å². The predicted octanol–water partition coefficient (Wildman–Crippen LogP) is 3.59. The molecular formula is C25H41N5O2. The lowest BCUT2D eigenvalue weighted by Gasteiger charge is -2.32. The predicted molar refractivity (Wildman–Crippen MR) is 130 cm³/mol. The lowest BCUT2D eigenvalue weighted by Crippen LogP contribution is -2.49. The Hall–Kier alpha value is -2.28. The third kappa shape index (κ3) is 7.40. The Morgan fingerprint density at radius 2 is 1.75 bits per heavy atom. The number of guanidine groups is 1. The maximum absolute atomic E-state index is 11.9. The van der Waals surface area contributed by atoms with E-state index in [2.05, 4.69) is 53.6 Å². The lowest BCUT2D eigenvalue weighted by atomic mass is 9.98. The number of carbonyl (C=O) groups excluding carboxylic acids is 1. The average molecular weight is 444 g/mol. The number of rotatable bonds is 7. The van der Waals surface area contributed by atoms with E-state index < -0.39 is 0 Å². The van der Waals surface area contributed by atoms with E-state index in [0.717, 1.165) is 37.8 Å². The summed E-state index contributed by atoms with van der Waals surface area (Å²) in [6.07, 6.45) is 4.18. The van der Waals surface area contributed by atoms with Crippen molar-refractivity contribution in [1.29, 1.82) is 0 Å². The molecule has 3 rings (SSSR count). The van der Waals surface area contributed by atoms with Crippen LogP contribution in [0.4, 0.5) is 4.79 Å². The number of carbonyl (C=O) groups is 1. The van der Waals surface area contributed by atoms with Gasteiger partial charge in [0.05, 0.1) is 13.2 Å². The highest BCUT2D eigenvalue weighted by Gasteiger charge is 2.24. The van der Waals surface area contributed by atoms with E-state index in [1.165, 1.54) is 37.1 Å². The highest BCUT2D eigenvalue weighted by molar-refractivity contribution is 5.80. The molecule has 2 heterocycles. The standard InChI is InChI=1S/C25H41N5O2/c1-4-26-24(28-23-12-16-30(17-13-23)25(31)32-5-2)27-18-21-8-6-7-9-22(21)19-29-14-10-20(3)11-15-29/h6-9,20,23H,4-5,10-19H2,1-3H3,(H2,26,27,28). The maximum atomic E-state index is 11.9. The van der Waals surface area contributed by atoms with Crippen molar-refractivity contribution in [2.24, 2.45) is 10.9 Å². The summed E-state index contributed by atoms with van der Waals surface area (Å²) in [6.45, 7) is 13.0. The molecule has 2 fully saturated rings. The van der Waals surface area contributed by atoms with Crippen LogP contribution in [0.25, 0.3) is 0 Å². The molecule has 0 atom stereocenters. The first-order valence-electron chi connectivity index (χ1n) is 12.3. The molecule has 0 saturated carbocycles. The lowest BCUT2D eigenvalue weighted by molar-refractivity contribution is 0.0963. The first-order valence-corrected chi connectivity index (χ1v) is 12.3. The second-order valence-electron chi connectivity index (χ2n) is 9.03. The van der Waals surface area contributed by atoms with Crippen molar-refractivity contribution in [3.05, 3.63) is 35.4 Å². The zero-order chi connectivity index (χ0) is 22.8. The van der Waals surface area contributed by atoms with Crippen LogP contribution in [0.1, 0.15) is 57.6 Å². The summed E-state index contributed by atoms with van der Waals surface area (Å²) in [5, 5.41) is 6.96. The number of likely N-dealkylation sites (tertiary alicyclic amines) is 2. The number of aliphatic imine (C=N–C) groups is 1. The van der Waals surface area contributed by atoms with E-state index in [0.29, 0.717) is 32.3 Å². The van der Waals surface area contributed by atoms with Crippen molar-refractivity contribution in [2.45, 2.75) is 65.6 Å². The van der Waals surface area contributed by atoms with Gasteiger partial charge in [-0.1, -0.05) is 31.2 Å². The first kappa shape index (κ1) is 24.4. The topological polar surface area (TPSA) is 69.2 Å². The Morgan fingerprint density at radius 1 is 1.06 bits per heavy atom. The Labute approximate surface area is 193 Å². The van der Waals surface area contributed by atoms with Crippen LogP contribution in [-0.2, 0) is 17.8 Å². The van der Waals surface area contributed by atoms with Crippen molar-refractivity contribution in [2.75, 3.05) is 39.3 Å². The van der Waals surface area contributed by atoms with E-state index in [-0.39, 0.29) is 6.09 Å². The van der Waals surface area contributed by atoms with Crippen molar-refractivity contribution >= 4 is 12.1 Å². The van der Waals surface area contributed by atoms with Gasteiger partial charge in [0, 0.05) is 32.2 Å². The van der Waals surface area contributed by atoms with E-state index in [1.807, 2.05) is 6.92 Å². The molecule has 7 nitrogen and oxygen atoms in total. The molecular weight excluding hydrogens is 402 g/mol. The smallest absolute Gasteiger partial charge is 0.409 e. The summed E-state index contributed by atoms with van der Waals surface area (Å²) in [6, 6.07) is 9.00. The third-order valence-electron chi connectivity index (χ3n) is 6.50. The number of ether oxygens (including phenoxy) is 1. The molecule has 2 aliphatic heterocycles. The molecule has 178 valence electrons. The van der Waals surface area contributed by atoms with E-state index in [9.17, 15) is 4.79 Å². The quantitative estimate of drug-likeness (QED) is 0.498. The summed E-state index contributed by atoms with van der Waals surface area (Å²) in [7, 11) is 0. The van der Waals surface area contributed by atoms with Crippen molar-refractivity contribution in [1.82, 2.24) is 20.4 Å². The van der Waals surface area contributed by atoms with Gasteiger partial charge in [0.2, 0.25) is 0 Å². The minimum absolute atomic E-state index is 0.203. The fourth-order valence-electron chi connectivity index (χ4n) is 4.43. The molecule has 1 aromatic rings. The Morgan fingerprint density at radius 3 is 2.41 bits per heavy atom. The maximum Gasteiger partial charge on any atom is 0.409 e. The second-order valence-corrected chi connectivity index (χ2v) is 9.03. The summed E-state index contributed by atoms with van der Waals surface area (Å²) >= 11 is 0. The van der Waals surface area contributed by atoms with Crippen LogP contribution in [-0.4, -0.2) is 67.2 Å². The molecule has 1 aromatic carbocycles. The van der Waals surface area contributed by atoms with Crippen LogP contribution in [0.3, 0.4) is 0 Å². The number of hydrogen-bond acceptors (Lipinski definition) is 4. The molecule has 0 bridgehead atoms. The molecule has 0 radical (unpaired) electrons. The zero-order valence-electron chi connectivity index (χ0n) is 20.1. The third-order valence-corrected chi connectivity index (χ3v) is 6.50. The van der Waals surface area contributed by atoms with Gasteiger partial charge < -0.3 is 20.3 Å². The summed E-state index contributed by atoms with van der Waals surface area (Å²) in [4.78, 5) is 21.2. The van der Waals surface area contributed by atoms with Gasteiger partial charge in [0.25, 0.3) is 0 Å². The van der Waals surface area contributed by atoms with Gasteiger partial charge in [-0.15, -0.1) is 0 Å². The number of hydrogen-bond donors (Lipinski definition) is 2. The summed E-state index contributed by atoms with van der Waals surface area (Å²) in [5.74, 6) is 1.70. The molecule has 2 saturated heterocycles. The number of nitrogens with one attached hydrogen (secondary N) is 2. The molecule has 32 heavy (non-hydrogen) atoms. The highest BCUT2D eigenvalue weighted by atomic mass is 16.6. The largest absolute Gasteiger partial charge is 0.450 e.